The second-order valence-corrected chi connectivity index (χ2v) is 6.80. The van der Waals surface area contributed by atoms with Crippen molar-refractivity contribution in [1.82, 2.24) is 19.5 Å². The molecule has 3 heterocycles. The van der Waals surface area contributed by atoms with Crippen molar-refractivity contribution in [3.63, 3.8) is 0 Å². The molecule has 0 aliphatic carbocycles. The number of carbonyl (C=O) groups is 1. The number of benzene rings is 1. The lowest BCUT2D eigenvalue weighted by atomic mass is 10.2. The van der Waals surface area contributed by atoms with Crippen LogP contribution in [0.4, 0.5) is 0 Å². The number of ether oxygens (including phenoxy) is 1. The Kier molecular flexibility index (Phi) is 4.84. The number of hydrogen-bond donors (Lipinski definition) is 1. The number of nitrogens with one attached hydrogen (secondary N) is 1. The fraction of sp³-hybridized carbons (Fsp3) is 0.286. The average molecular weight is 394 g/mol. The van der Waals surface area contributed by atoms with Crippen molar-refractivity contribution in [1.29, 1.82) is 0 Å². The van der Waals surface area contributed by atoms with Gasteiger partial charge in [0.25, 0.3) is 5.56 Å². The van der Waals surface area contributed by atoms with Crippen LogP contribution < -0.4 is 15.6 Å². The molecular formula is C21H22N4O4. The van der Waals surface area contributed by atoms with E-state index < -0.39 is 6.04 Å². The Morgan fingerprint density at radius 1 is 1.28 bits per heavy atom. The molecule has 3 aromatic heterocycles. The van der Waals surface area contributed by atoms with Gasteiger partial charge in [-0.1, -0.05) is 19.1 Å². The van der Waals surface area contributed by atoms with Crippen LogP contribution in [0.1, 0.15) is 31.3 Å². The third-order valence-corrected chi connectivity index (χ3v) is 4.99. The first-order valence-corrected chi connectivity index (χ1v) is 9.44. The monoisotopic (exact) mass is 394 g/mol. The highest BCUT2D eigenvalue weighted by atomic mass is 16.5. The van der Waals surface area contributed by atoms with Gasteiger partial charge < -0.3 is 14.5 Å². The number of aromatic nitrogens is 3. The van der Waals surface area contributed by atoms with Crippen molar-refractivity contribution < 1.29 is 13.9 Å². The first-order chi connectivity index (χ1) is 14.0. The lowest BCUT2D eigenvalue weighted by Gasteiger charge is -2.16. The smallest absolute Gasteiger partial charge is 0.291 e. The molecular weight excluding hydrogens is 372 g/mol. The van der Waals surface area contributed by atoms with E-state index in [2.05, 4.69) is 10.4 Å². The maximum Gasteiger partial charge on any atom is 0.291 e. The molecule has 29 heavy (non-hydrogen) atoms. The summed E-state index contributed by atoms with van der Waals surface area (Å²) < 4.78 is 13.7. The SMILES string of the molecule is CCc1nn([C@@H](C)C(=O)NCc2cccc(OC)c2)c(=O)c2cc3occc3n12. The molecule has 0 fully saturated rings. The maximum absolute atomic E-state index is 13.0. The van der Waals surface area contributed by atoms with Gasteiger partial charge in [-0.15, -0.1) is 0 Å². The lowest BCUT2D eigenvalue weighted by Crippen LogP contribution is -2.38. The second kappa shape index (κ2) is 7.46. The normalized spacial score (nSPS) is 12.4. The van der Waals surface area contributed by atoms with E-state index in [1.54, 1.807) is 36.8 Å². The fourth-order valence-electron chi connectivity index (χ4n) is 3.41. The Bertz CT molecular complexity index is 1250. The van der Waals surface area contributed by atoms with Gasteiger partial charge in [0.05, 0.1) is 18.9 Å². The molecule has 0 saturated carbocycles. The highest BCUT2D eigenvalue weighted by Crippen LogP contribution is 2.21. The summed E-state index contributed by atoms with van der Waals surface area (Å²) in [4.78, 5) is 25.7. The molecule has 4 rings (SSSR count). The van der Waals surface area contributed by atoms with Crippen LogP contribution in [-0.2, 0) is 17.8 Å². The summed E-state index contributed by atoms with van der Waals surface area (Å²) in [6.45, 7) is 3.95. The number of amides is 1. The number of hydrogen-bond acceptors (Lipinski definition) is 5. The molecule has 1 N–H and O–H groups in total. The van der Waals surface area contributed by atoms with Crippen molar-refractivity contribution >= 4 is 22.5 Å². The third kappa shape index (κ3) is 3.26. The van der Waals surface area contributed by atoms with E-state index in [0.29, 0.717) is 29.9 Å². The molecule has 0 unspecified atom stereocenters. The molecule has 1 aromatic carbocycles. The van der Waals surface area contributed by atoms with E-state index in [1.165, 1.54) is 4.68 Å². The number of furan rings is 1. The van der Waals surface area contributed by atoms with E-state index in [0.717, 1.165) is 16.8 Å². The summed E-state index contributed by atoms with van der Waals surface area (Å²) in [6.07, 6.45) is 2.18. The Morgan fingerprint density at radius 3 is 2.86 bits per heavy atom. The van der Waals surface area contributed by atoms with E-state index in [9.17, 15) is 9.59 Å². The highest BCUT2D eigenvalue weighted by molar-refractivity contribution is 5.83. The zero-order chi connectivity index (χ0) is 20.5. The van der Waals surface area contributed by atoms with Gasteiger partial charge in [0.2, 0.25) is 5.91 Å². The molecule has 1 atom stereocenters. The highest BCUT2D eigenvalue weighted by Gasteiger charge is 2.22. The van der Waals surface area contributed by atoms with Crippen LogP contribution in [0.2, 0.25) is 0 Å². The van der Waals surface area contributed by atoms with Crippen LogP contribution in [0.15, 0.2) is 51.9 Å². The predicted molar refractivity (Wildman–Crippen MR) is 108 cm³/mol. The van der Waals surface area contributed by atoms with Gasteiger partial charge >= 0.3 is 0 Å². The Labute approximate surface area is 166 Å². The molecule has 0 bridgehead atoms. The van der Waals surface area contributed by atoms with Crippen LogP contribution in [-0.4, -0.2) is 27.2 Å². The number of fused-ring (bicyclic) bond motifs is 3. The number of rotatable bonds is 6. The molecule has 4 aromatic rings. The summed E-state index contributed by atoms with van der Waals surface area (Å²) in [5.74, 6) is 1.12. The third-order valence-electron chi connectivity index (χ3n) is 4.99. The Hall–Kier alpha value is -3.55. The minimum Gasteiger partial charge on any atom is -0.497 e. The summed E-state index contributed by atoms with van der Waals surface area (Å²) in [6, 6.07) is 10.2. The summed E-state index contributed by atoms with van der Waals surface area (Å²) in [5.41, 5.74) is 2.42. The van der Waals surface area contributed by atoms with Crippen LogP contribution >= 0.6 is 0 Å². The zero-order valence-corrected chi connectivity index (χ0v) is 16.5. The molecule has 0 aliphatic heterocycles. The minimum atomic E-state index is -0.760. The quantitative estimate of drug-likeness (QED) is 0.543. The number of aryl methyl sites for hydroxylation is 1. The van der Waals surface area contributed by atoms with Gasteiger partial charge in [0.15, 0.2) is 5.58 Å². The van der Waals surface area contributed by atoms with E-state index in [4.69, 9.17) is 9.15 Å². The van der Waals surface area contributed by atoms with Crippen molar-refractivity contribution in [2.75, 3.05) is 7.11 Å². The van der Waals surface area contributed by atoms with Gasteiger partial charge in [-0.25, -0.2) is 4.68 Å². The maximum atomic E-state index is 13.0. The van der Waals surface area contributed by atoms with Gasteiger partial charge in [-0.3, -0.25) is 14.0 Å². The molecule has 0 spiro atoms. The molecule has 8 heteroatoms. The number of nitrogens with zero attached hydrogens (tertiary/aromatic N) is 3. The van der Waals surface area contributed by atoms with Crippen molar-refractivity contribution in [2.24, 2.45) is 0 Å². The second-order valence-electron chi connectivity index (χ2n) is 6.80. The first kappa shape index (κ1) is 18.8. The van der Waals surface area contributed by atoms with Crippen LogP contribution in [0, 0.1) is 0 Å². The first-order valence-electron chi connectivity index (χ1n) is 9.44. The predicted octanol–water partition coefficient (Wildman–Crippen LogP) is 2.69. The molecule has 0 aliphatic rings. The van der Waals surface area contributed by atoms with Gasteiger partial charge in [0, 0.05) is 25.1 Å². The summed E-state index contributed by atoms with van der Waals surface area (Å²) in [5, 5.41) is 7.33. The number of methoxy groups -OCH3 is 1. The topological polar surface area (TPSA) is 90.8 Å². The van der Waals surface area contributed by atoms with Crippen LogP contribution in [0.3, 0.4) is 0 Å². The lowest BCUT2D eigenvalue weighted by molar-refractivity contribution is -0.124. The molecule has 0 saturated heterocycles. The van der Waals surface area contributed by atoms with Crippen molar-refractivity contribution in [3.8, 4) is 5.75 Å². The Balaban J connectivity index is 1.63. The fourth-order valence-corrected chi connectivity index (χ4v) is 3.41. The van der Waals surface area contributed by atoms with Gasteiger partial charge in [-0.2, -0.15) is 5.10 Å². The van der Waals surface area contributed by atoms with Crippen LogP contribution in [0.5, 0.6) is 5.75 Å². The Morgan fingerprint density at radius 2 is 2.10 bits per heavy atom. The van der Waals surface area contributed by atoms with Crippen LogP contribution in [0.25, 0.3) is 16.6 Å². The van der Waals surface area contributed by atoms with E-state index in [-0.39, 0.29) is 11.5 Å². The van der Waals surface area contributed by atoms with Gasteiger partial charge in [0.1, 0.15) is 23.1 Å². The van der Waals surface area contributed by atoms with Gasteiger partial charge in [-0.05, 0) is 24.6 Å². The zero-order valence-electron chi connectivity index (χ0n) is 16.5. The molecule has 8 nitrogen and oxygen atoms in total. The standard InChI is InChI=1S/C21H22N4O4/c1-4-19-23-25(21(27)17-11-18-16(24(17)19)8-9-29-18)13(2)20(26)22-12-14-6-5-7-15(10-14)28-3/h5-11,13H,4,12H2,1-3H3,(H,22,26)/t13-/m0/s1. The van der Waals surface area contributed by atoms with E-state index >= 15 is 0 Å². The summed E-state index contributed by atoms with van der Waals surface area (Å²) >= 11 is 0. The van der Waals surface area contributed by atoms with Crippen molar-refractivity contribution in [3.05, 3.63) is 64.4 Å². The average Bonchev–Trinajstić information content (AvgIpc) is 3.34. The summed E-state index contributed by atoms with van der Waals surface area (Å²) in [7, 11) is 1.59. The number of carbonyl (C=O) groups excluding carboxylic acids is 1. The molecule has 150 valence electrons. The largest absolute Gasteiger partial charge is 0.497 e. The van der Waals surface area contributed by atoms with Crippen molar-refractivity contribution in [2.45, 2.75) is 32.9 Å². The molecule has 0 radical (unpaired) electrons. The van der Waals surface area contributed by atoms with E-state index in [1.807, 2.05) is 31.2 Å². The minimum absolute atomic E-state index is 0.288. The molecule has 1 amide bonds.